The number of amides is 2. The number of aliphatic carboxylic acids is 2. The summed E-state index contributed by atoms with van der Waals surface area (Å²) in [6.45, 7) is 1.34. The van der Waals surface area contributed by atoms with Crippen LogP contribution in [0.3, 0.4) is 0 Å². The molecule has 2 aromatic heterocycles. The van der Waals surface area contributed by atoms with Crippen LogP contribution in [0.4, 0.5) is 16.5 Å². The van der Waals surface area contributed by atoms with Crippen LogP contribution in [0.5, 0.6) is 0 Å². The normalized spacial score (nSPS) is 19.7. The number of nitrogen functional groups attached to an aromatic ring is 3. The van der Waals surface area contributed by atoms with Crippen molar-refractivity contribution < 1.29 is 38.8 Å². The van der Waals surface area contributed by atoms with Crippen molar-refractivity contribution in [2.24, 2.45) is 5.16 Å². The molecule has 2 aliphatic rings. The molecule has 0 aliphatic carbocycles. The number of nitrogens with zero attached hydrogens (tertiary/aromatic N) is 4. The average molecular weight is 598 g/mol. The molecule has 2 aromatic rings. The molecule has 0 radical (unpaired) electrons. The highest BCUT2D eigenvalue weighted by Gasteiger charge is 2.55. The molecule has 4 rings (SSSR count). The van der Waals surface area contributed by atoms with Gasteiger partial charge in [-0.3, -0.25) is 14.5 Å². The van der Waals surface area contributed by atoms with Crippen molar-refractivity contribution in [3.63, 3.8) is 0 Å². The van der Waals surface area contributed by atoms with Gasteiger partial charge >= 0.3 is 11.9 Å². The summed E-state index contributed by atoms with van der Waals surface area (Å²) in [5, 5.41) is 24.4. The van der Waals surface area contributed by atoms with Gasteiger partial charge in [-0.25, -0.2) is 14.6 Å². The molecule has 2 aliphatic heterocycles. The molecule has 0 saturated carbocycles. The van der Waals surface area contributed by atoms with E-state index in [0.717, 1.165) is 16.2 Å². The number of thioether (sulfide) groups is 1. The van der Waals surface area contributed by atoms with Gasteiger partial charge in [-0.05, 0) is 6.92 Å². The summed E-state index contributed by atoms with van der Waals surface area (Å²) in [4.78, 5) is 59.4. The third kappa shape index (κ3) is 5.55. The maximum absolute atomic E-state index is 13.2. The minimum Gasteiger partial charge on any atom is -0.478 e. The Balaban J connectivity index is 1.56. The van der Waals surface area contributed by atoms with Gasteiger partial charge in [0.1, 0.15) is 32.8 Å². The van der Waals surface area contributed by atoms with Crippen molar-refractivity contribution in [2.45, 2.75) is 31.0 Å². The maximum Gasteiger partial charge on any atom is 0.352 e. The Bertz CT molecular complexity index is 1450. The molecule has 4 heterocycles. The van der Waals surface area contributed by atoms with E-state index >= 15 is 0 Å². The predicted octanol–water partition coefficient (Wildman–Crippen LogP) is -0.537. The molecule has 3 atom stereocenters. The number of carboxylic acid groups (broad SMARTS) is 2. The van der Waals surface area contributed by atoms with Crippen molar-refractivity contribution in [3.8, 4) is 0 Å². The summed E-state index contributed by atoms with van der Waals surface area (Å²) in [6, 6.07) is 0.465. The number of carbonyl (C=O) groups is 4. The second-order valence-electron chi connectivity index (χ2n) is 8.35. The fraction of sp³-hybridized carbons (Fsp3) is 0.286. The Hall–Kier alpha value is -4.09. The Morgan fingerprint density at radius 1 is 1.33 bits per heavy atom. The van der Waals surface area contributed by atoms with E-state index in [2.05, 4.69) is 15.5 Å². The van der Waals surface area contributed by atoms with Gasteiger partial charge in [0.15, 0.2) is 29.8 Å². The molecule has 0 spiro atoms. The first-order valence-corrected chi connectivity index (χ1v) is 13.3. The lowest BCUT2D eigenvalue weighted by Gasteiger charge is -2.49. The first kappa shape index (κ1) is 27.9. The molecule has 1 saturated heterocycles. The second kappa shape index (κ2) is 11.0. The van der Waals surface area contributed by atoms with Crippen LogP contribution >= 0.6 is 34.7 Å². The number of nitrogens with one attached hydrogen (secondary N) is 1. The molecule has 9 N–H and O–H groups in total. The van der Waals surface area contributed by atoms with E-state index < -0.39 is 47.0 Å². The van der Waals surface area contributed by atoms with E-state index in [9.17, 15) is 24.3 Å². The zero-order valence-corrected chi connectivity index (χ0v) is 22.4. The highest BCUT2D eigenvalue weighted by Crippen LogP contribution is 2.40. The molecule has 1 unspecified atom stereocenters. The molecule has 15 nitrogen and oxygen atoms in total. The Kier molecular flexibility index (Phi) is 7.84. The lowest BCUT2D eigenvalue weighted by molar-refractivity contribution is -0.688. The minimum absolute atomic E-state index is 0.0110. The topological polar surface area (TPSA) is 240 Å². The first-order valence-electron chi connectivity index (χ1n) is 11.0. The lowest BCUT2D eigenvalue weighted by atomic mass is 10.0. The van der Waals surface area contributed by atoms with Gasteiger partial charge in [-0.2, -0.15) is 4.57 Å². The lowest BCUT2D eigenvalue weighted by Crippen LogP contribution is -2.71. The largest absolute Gasteiger partial charge is 0.478 e. The van der Waals surface area contributed by atoms with Gasteiger partial charge < -0.3 is 37.6 Å². The number of rotatable bonds is 9. The van der Waals surface area contributed by atoms with Crippen molar-refractivity contribution in [1.29, 1.82) is 0 Å². The Morgan fingerprint density at radius 3 is 2.64 bits per heavy atom. The van der Waals surface area contributed by atoms with Gasteiger partial charge in [0, 0.05) is 17.4 Å². The number of carboxylic acids is 2. The SMILES string of the molecule is C[C@H](ON=C(C(=O)N[C@@H]1C(=O)N2C(C(=O)O)=C(C[n+]3ccc(N)c(N)c3)CSC12)c1nc(N)sc1Cl)C(=O)O. The molecular formula is C21H22ClN8O7S2+. The summed E-state index contributed by atoms with van der Waals surface area (Å²) in [5.74, 6) is -4.01. The smallest absolute Gasteiger partial charge is 0.352 e. The summed E-state index contributed by atoms with van der Waals surface area (Å²) in [7, 11) is 0. The maximum atomic E-state index is 13.2. The third-order valence-electron chi connectivity index (χ3n) is 5.69. The molecule has 18 heteroatoms. The molecule has 0 aromatic carbocycles. The fourth-order valence-electron chi connectivity index (χ4n) is 3.73. The molecule has 2 amide bonds. The van der Waals surface area contributed by atoms with Crippen molar-refractivity contribution in [2.75, 3.05) is 23.0 Å². The molecule has 39 heavy (non-hydrogen) atoms. The Morgan fingerprint density at radius 2 is 2.05 bits per heavy atom. The summed E-state index contributed by atoms with van der Waals surface area (Å²) in [5.41, 5.74) is 17.5. The van der Waals surface area contributed by atoms with E-state index in [4.69, 9.17) is 38.7 Å². The van der Waals surface area contributed by atoms with Gasteiger partial charge in [0.25, 0.3) is 11.8 Å². The summed E-state index contributed by atoms with van der Waals surface area (Å²) in [6.07, 6.45) is 1.79. The van der Waals surface area contributed by atoms with E-state index in [1.165, 1.54) is 18.7 Å². The predicted molar refractivity (Wildman–Crippen MR) is 141 cm³/mol. The zero-order chi connectivity index (χ0) is 28.6. The van der Waals surface area contributed by atoms with Crippen LogP contribution in [0, 0.1) is 0 Å². The van der Waals surface area contributed by atoms with Crippen LogP contribution in [0.1, 0.15) is 12.6 Å². The van der Waals surface area contributed by atoms with Crippen LogP contribution in [0.15, 0.2) is 34.9 Å². The van der Waals surface area contributed by atoms with Gasteiger partial charge in [0.05, 0.1) is 5.69 Å². The fourth-order valence-corrected chi connectivity index (χ4v) is 6.00. The highest BCUT2D eigenvalue weighted by molar-refractivity contribution is 8.00. The van der Waals surface area contributed by atoms with Gasteiger partial charge in [0.2, 0.25) is 6.10 Å². The highest BCUT2D eigenvalue weighted by atomic mass is 35.5. The zero-order valence-electron chi connectivity index (χ0n) is 20.0. The first-order chi connectivity index (χ1) is 18.4. The summed E-state index contributed by atoms with van der Waals surface area (Å²) < 4.78 is 1.64. The third-order valence-corrected chi connectivity index (χ3v) is 8.11. The Labute approximate surface area is 233 Å². The number of pyridine rings is 1. The number of hydrogen-bond donors (Lipinski definition) is 6. The van der Waals surface area contributed by atoms with Crippen LogP contribution in [0.2, 0.25) is 4.34 Å². The standard InChI is InChI=1S/C21H21ClN8O7S2/c1-7(19(33)34)37-28-12(11-15(22)39-21(25)27-11)16(31)26-13-17(32)30-14(20(35)36)8(6-38-18(13)30)4-29-3-2-9(23)10(24)5-29/h2-3,5,7,13,18,23H,4,6,24H2,1H3,(H5,25,26,27,31,33,34,35,36)/p+1/t7-,13+,18?/m0/s1. The minimum atomic E-state index is -1.41. The quantitative estimate of drug-likeness (QED) is 0.0924. The monoisotopic (exact) mass is 597 g/mol. The van der Waals surface area contributed by atoms with E-state index in [1.807, 2.05) is 0 Å². The number of halogens is 1. The second-order valence-corrected chi connectivity index (χ2v) is 11.1. The van der Waals surface area contributed by atoms with Crippen molar-refractivity contribution in [1.82, 2.24) is 15.2 Å². The number of aromatic nitrogens is 2. The van der Waals surface area contributed by atoms with Gasteiger partial charge in [-0.1, -0.05) is 28.1 Å². The number of β-lactam (4-membered cyclic amide) rings is 1. The molecule has 206 valence electrons. The number of hydrogen-bond acceptors (Lipinski definition) is 12. The number of nitrogens with two attached hydrogens (primary N) is 3. The number of carbonyl (C=O) groups excluding carboxylic acids is 2. The molecule has 1 fully saturated rings. The van der Waals surface area contributed by atoms with Crippen LogP contribution in [-0.4, -0.2) is 72.8 Å². The van der Waals surface area contributed by atoms with E-state index in [-0.39, 0.29) is 33.2 Å². The average Bonchev–Trinajstić information content (AvgIpc) is 3.21. The van der Waals surface area contributed by atoms with E-state index in [1.54, 1.807) is 23.0 Å². The number of thiazole rings is 1. The summed E-state index contributed by atoms with van der Waals surface area (Å²) >= 11 is 8.22. The molecule has 0 bridgehead atoms. The number of anilines is 3. The van der Waals surface area contributed by atoms with Crippen LogP contribution in [0.25, 0.3) is 0 Å². The number of oxime groups is 1. The van der Waals surface area contributed by atoms with Gasteiger partial charge in [-0.15, -0.1) is 11.8 Å². The van der Waals surface area contributed by atoms with Crippen LogP contribution in [-0.2, 0) is 30.6 Å². The van der Waals surface area contributed by atoms with Crippen LogP contribution < -0.4 is 27.1 Å². The van der Waals surface area contributed by atoms with Crippen molar-refractivity contribution in [3.05, 3.63) is 39.8 Å². The van der Waals surface area contributed by atoms with E-state index in [0.29, 0.717) is 16.9 Å². The number of fused-ring (bicyclic) bond motifs is 1. The van der Waals surface area contributed by atoms with Crippen molar-refractivity contribution >= 4 is 80.7 Å². The molecular weight excluding hydrogens is 576 g/mol.